The summed E-state index contributed by atoms with van der Waals surface area (Å²) in [6, 6.07) is 8.01. The summed E-state index contributed by atoms with van der Waals surface area (Å²) in [6.07, 6.45) is 3.56. The molecule has 0 spiro atoms. The van der Waals surface area contributed by atoms with E-state index in [1.54, 1.807) is 18.3 Å². The number of esters is 1. The second-order valence-corrected chi connectivity index (χ2v) is 5.59. The maximum atomic E-state index is 13.3. The number of pyridine rings is 1. The van der Waals surface area contributed by atoms with Crippen molar-refractivity contribution in [1.29, 1.82) is 0 Å². The van der Waals surface area contributed by atoms with Gasteiger partial charge in [-0.25, -0.2) is 19.2 Å². The number of nitrogens with one attached hydrogen (secondary N) is 1. The summed E-state index contributed by atoms with van der Waals surface area (Å²) < 4.78 is 18.0. The number of carbonyl (C=O) groups excluding carboxylic acids is 1. The van der Waals surface area contributed by atoms with Crippen LogP contribution in [0.5, 0.6) is 0 Å². The van der Waals surface area contributed by atoms with E-state index in [0.29, 0.717) is 34.5 Å². The Balaban J connectivity index is 1.75. The SMILES string of the molecule is COC(=O)c1cnc2c(c1)[nH]c1nc(Cc3cccc(F)c3)ncc12. The van der Waals surface area contributed by atoms with Gasteiger partial charge in [-0.2, -0.15) is 0 Å². The molecule has 0 aliphatic carbocycles. The van der Waals surface area contributed by atoms with Gasteiger partial charge in [0.1, 0.15) is 17.3 Å². The van der Waals surface area contributed by atoms with Gasteiger partial charge >= 0.3 is 5.97 Å². The quantitative estimate of drug-likeness (QED) is 0.582. The Bertz CT molecular complexity index is 1110. The molecule has 0 atom stereocenters. The molecule has 4 aromatic rings. The summed E-state index contributed by atoms with van der Waals surface area (Å²) in [5.74, 6) is -0.174. The van der Waals surface area contributed by atoms with E-state index in [1.165, 1.54) is 25.4 Å². The molecule has 7 heteroatoms. The standard InChI is InChI=1S/C18H13FN4O2/c1-25-18(24)11-7-14-16(21-8-11)13-9-20-15(23-17(13)22-14)6-10-3-2-4-12(19)5-10/h2-5,7-9H,6H2,1H3,(H,20,22,23). The van der Waals surface area contributed by atoms with E-state index in [0.717, 1.165) is 10.9 Å². The topological polar surface area (TPSA) is 80.8 Å². The van der Waals surface area contributed by atoms with Crippen molar-refractivity contribution in [3.05, 3.63) is 65.5 Å². The first-order valence-electron chi connectivity index (χ1n) is 7.60. The lowest BCUT2D eigenvalue weighted by atomic mass is 10.1. The second-order valence-electron chi connectivity index (χ2n) is 5.59. The van der Waals surface area contributed by atoms with Crippen molar-refractivity contribution in [2.45, 2.75) is 6.42 Å². The molecule has 0 aliphatic rings. The van der Waals surface area contributed by atoms with Crippen molar-refractivity contribution < 1.29 is 13.9 Å². The Labute approximate surface area is 141 Å². The number of aromatic nitrogens is 4. The highest BCUT2D eigenvalue weighted by Gasteiger charge is 2.13. The Hall–Kier alpha value is -3.35. The zero-order chi connectivity index (χ0) is 17.4. The highest BCUT2D eigenvalue weighted by Crippen LogP contribution is 2.23. The van der Waals surface area contributed by atoms with Gasteiger partial charge in [0.05, 0.1) is 29.1 Å². The Kier molecular flexibility index (Phi) is 3.61. The summed E-state index contributed by atoms with van der Waals surface area (Å²) in [5, 5.41) is 0.759. The first-order valence-corrected chi connectivity index (χ1v) is 7.60. The van der Waals surface area contributed by atoms with Gasteiger partial charge in [-0.1, -0.05) is 12.1 Å². The third kappa shape index (κ3) is 2.80. The maximum absolute atomic E-state index is 13.3. The van der Waals surface area contributed by atoms with Crippen LogP contribution < -0.4 is 0 Å². The first kappa shape index (κ1) is 15.2. The maximum Gasteiger partial charge on any atom is 0.339 e. The van der Waals surface area contributed by atoms with Crippen molar-refractivity contribution in [3.63, 3.8) is 0 Å². The van der Waals surface area contributed by atoms with Gasteiger partial charge in [-0.05, 0) is 23.8 Å². The summed E-state index contributed by atoms with van der Waals surface area (Å²) in [4.78, 5) is 27.9. The Morgan fingerprint density at radius 3 is 2.92 bits per heavy atom. The van der Waals surface area contributed by atoms with Gasteiger partial charge in [0, 0.05) is 18.8 Å². The smallest absolute Gasteiger partial charge is 0.339 e. The molecule has 6 nitrogen and oxygen atoms in total. The number of methoxy groups -OCH3 is 1. The molecule has 0 bridgehead atoms. The molecule has 0 fully saturated rings. The molecule has 1 aromatic carbocycles. The normalized spacial score (nSPS) is 11.1. The van der Waals surface area contributed by atoms with Gasteiger partial charge < -0.3 is 9.72 Å². The summed E-state index contributed by atoms with van der Waals surface area (Å²) in [5.41, 5.74) is 3.12. The van der Waals surface area contributed by atoms with Crippen LogP contribution in [0, 0.1) is 5.82 Å². The number of benzene rings is 1. The van der Waals surface area contributed by atoms with Crippen LogP contribution in [0.1, 0.15) is 21.7 Å². The van der Waals surface area contributed by atoms with Crippen LogP contribution in [-0.2, 0) is 11.2 Å². The molecule has 0 aliphatic heterocycles. The molecule has 1 N–H and O–H groups in total. The van der Waals surface area contributed by atoms with Crippen molar-refractivity contribution >= 4 is 28.0 Å². The van der Waals surface area contributed by atoms with Crippen LogP contribution in [0.3, 0.4) is 0 Å². The van der Waals surface area contributed by atoms with Gasteiger partial charge in [0.25, 0.3) is 0 Å². The zero-order valence-corrected chi connectivity index (χ0v) is 13.3. The number of ether oxygens (including phenoxy) is 1. The molecule has 0 radical (unpaired) electrons. The lowest BCUT2D eigenvalue weighted by Crippen LogP contribution is -2.01. The average molecular weight is 336 g/mol. The number of hydrogen-bond donors (Lipinski definition) is 1. The van der Waals surface area contributed by atoms with E-state index in [2.05, 4.69) is 19.9 Å². The number of rotatable bonds is 3. The fourth-order valence-corrected chi connectivity index (χ4v) is 2.73. The minimum absolute atomic E-state index is 0.288. The van der Waals surface area contributed by atoms with Crippen LogP contribution in [0.2, 0.25) is 0 Å². The number of carbonyl (C=O) groups is 1. The number of fused-ring (bicyclic) bond motifs is 3. The number of H-pyrrole nitrogens is 1. The lowest BCUT2D eigenvalue weighted by molar-refractivity contribution is 0.0600. The van der Waals surface area contributed by atoms with E-state index in [-0.39, 0.29) is 5.82 Å². The monoisotopic (exact) mass is 336 g/mol. The molecule has 4 rings (SSSR count). The molecule has 25 heavy (non-hydrogen) atoms. The third-order valence-corrected chi connectivity index (χ3v) is 3.91. The van der Waals surface area contributed by atoms with E-state index in [1.807, 2.05) is 6.07 Å². The first-order chi connectivity index (χ1) is 12.1. The highest BCUT2D eigenvalue weighted by molar-refractivity contribution is 6.04. The summed E-state index contributed by atoms with van der Waals surface area (Å²) in [7, 11) is 1.32. The lowest BCUT2D eigenvalue weighted by Gasteiger charge is -2.01. The molecule has 124 valence electrons. The van der Waals surface area contributed by atoms with Crippen LogP contribution in [0.25, 0.3) is 22.1 Å². The molecule has 3 heterocycles. The predicted molar refractivity (Wildman–Crippen MR) is 89.7 cm³/mol. The van der Waals surface area contributed by atoms with Crippen molar-refractivity contribution in [2.24, 2.45) is 0 Å². The van der Waals surface area contributed by atoms with Gasteiger partial charge in [-0.3, -0.25) is 4.98 Å². The molecular weight excluding hydrogens is 323 g/mol. The van der Waals surface area contributed by atoms with Crippen molar-refractivity contribution in [3.8, 4) is 0 Å². The Morgan fingerprint density at radius 2 is 2.12 bits per heavy atom. The number of nitrogens with zero attached hydrogens (tertiary/aromatic N) is 3. The van der Waals surface area contributed by atoms with Crippen molar-refractivity contribution in [1.82, 2.24) is 19.9 Å². The molecular formula is C18H13FN4O2. The van der Waals surface area contributed by atoms with E-state index in [4.69, 9.17) is 4.74 Å². The Morgan fingerprint density at radius 1 is 1.24 bits per heavy atom. The zero-order valence-electron chi connectivity index (χ0n) is 13.3. The average Bonchev–Trinajstić information content (AvgIpc) is 2.97. The summed E-state index contributed by atoms with van der Waals surface area (Å²) in [6.45, 7) is 0. The van der Waals surface area contributed by atoms with E-state index < -0.39 is 5.97 Å². The molecule has 0 amide bonds. The van der Waals surface area contributed by atoms with Crippen LogP contribution in [-0.4, -0.2) is 33.0 Å². The van der Waals surface area contributed by atoms with Crippen LogP contribution in [0.4, 0.5) is 4.39 Å². The molecule has 3 aromatic heterocycles. The van der Waals surface area contributed by atoms with Gasteiger partial charge in [0.15, 0.2) is 0 Å². The van der Waals surface area contributed by atoms with Crippen molar-refractivity contribution in [2.75, 3.05) is 7.11 Å². The molecule has 0 saturated heterocycles. The minimum Gasteiger partial charge on any atom is -0.465 e. The van der Waals surface area contributed by atoms with Crippen LogP contribution in [0.15, 0.2) is 42.7 Å². The number of halogens is 1. The number of hydrogen-bond acceptors (Lipinski definition) is 5. The molecule has 0 saturated carbocycles. The number of aromatic amines is 1. The minimum atomic E-state index is -0.453. The van der Waals surface area contributed by atoms with Crippen LogP contribution >= 0.6 is 0 Å². The molecule has 0 unspecified atom stereocenters. The van der Waals surface area contributed by atoms with Gasteiger partial charge in [0.2, 0.25) is 0 Å². The fourth-order valence-electron chi connectivity index (χ4n) is 2.73. The fraction of sp³-hybridized carbons (Fsp3) is 0.111. The highest BCUT2D eigenvalue weighted by atomic mass is 19.1. The van der Waals surface area contributed by atoms with E-state index in [9.17, 15) is 9.18 Å². The largest absolute Gasteiger partial charge is 0.465 e. The third-order valence-electron chi connectivity index (χ3n) is 3.91. The second kappa shape index (κ2) is 5.94. The predicted octanol–water partition coefficient (Wildman–Crippen LogP) is 3.02. The summed E-state index contributed by atoms with van der Waals surface area (Å²) >= 11 is 0. The van der Waals surface area contributed by atoms with Gasteiger partial charge in [-0.15, -0.1) is 0 Å². The van der Waals surface area contributed by atoms with E-state index >= 15 is 0 Å².